The van der Waals surface area contributed by atoms with Gasteiger partial charge in [-0.2, -0.15) is 0 Å². The van der Waals surface area contributed by atoms with Gasteiger partial charge in [-0.1, -0.05) is 0 Å². The maximum absolute atomic E-state index is 4.37. The first-order chi connectivity index (χ1) is 6.81. The van der Waals surface area contributed by atoms with Gasteiger partial charge in [0, 0.05) is 31.0 Å². The Morgan fingerprint density at radius 2 is 2.57 bits per heavy atom. The molecule has 0 aliphatic carbocycles. The summed E-state index contributed by atoms with van der Waals surface area (Å²) >= 11 is 0. The van der Waals surface area contributed by atoms with Crippen molar-refractivity contribution in [3.8, 4) is 0 Å². The predicted molar refractivity (Wildman–Crippen MR) is 57.6 cm³/mol. The summed E-state index contributed by atoms with van der Waals surface area (Å²) in [5.74, 6) is 1.03. The van der Waals surface area contributed by atoms with Crippen LogP contribution >= 0.6 is 0 Å². The molecule has 0 amide bonds. The molecule has 1 aliphatic heterocycles. The summed E-state index contributed by atoms with van der Waals surface area (Å²) in [7, 11) is 2.00. The van der Waals surface area contributed by atoms with Gasteiger partial charge in [-0.25, -0.2) is 4.98 Å². The number of imidazole rings is 1. The van der Waals surface area contributed by atoms with E-state index in [2.05, 4.69) is 20.2 Å². The lowest BCUT2D eigenvalue weighted by atomic mass is 10.2. The van der Waals surface area contributed by atoms with E-state index >= 15 is 0 Å². The SMILES string of the molecule is CNCC1CCCN1c1ncc(C)[nH]1. The molecule has 4 heteroatoms. The van der Waals surface area contributed by atoms with E-state index in [0.717, 1.165) is 24.7 Å². The van der Waals surface area contributed by atoms with Gasteiger partial charge in [0.15, 0.2) is 0 Å². The molecule has 0 saturated carbocycles. The third-order valence-corrected chi connectivity index (χ3v) is 2.78. The highest BCUT2D eigenvalue weighted by Crippen LogP contribution is 2.22. The zero-order chi connectivity index (χ0) is 9.97. The van der Waals surface area contributed by atoms with Crippen LogP contribution in [0.5, 0.6) is 0 Å². The number of nitrogens with one attached hydrogen (secondary N) is 2. The Hall–Kier alpha value is -1.03. The number of likely N-dealkylation sites (N-methyl/N-ethyl adjacent to an activating group) is 1. The van der Waals surface area contributed by atoms with E-state index in [4.69, 9.17) is 0 Å². The Kier molecular flexibility index (Phi) is 2.72. The Labute approximate surface area is 84.7 Å². The summed E-state index contributed by atoms with van der Waals surface area (Å²) in [5, 5.41) is 3.23. The lowest BCUT2D eigenvalue weighted by molar-refractivity contribution is 0.608. The zero-order valence-electron chi connectivity index (χ0n) is 8.88. The van der Waals surface area contributed by atoms with Crippen molar-refractivity contribution in [3.05, 3.63) is 11.9 Å². The molecular formula is C10H18N4. The molecular weight excluding hydrogens is 176 g/mol. The number of aromatic amines is 1. The van der Waals surface area contributed by atoms with Gasteiger partial charge in [0.2, 0.25) is 5.95 Å². The topological polar surface area (TPSA) is 44.0 Å². The van der Waals surface area contributed by atoms with Gasteiger partial charge < -0.3 is 15.2 Å². The van der Waals surface area contributed by atoms with E-state index in [9.17, 15) is 0 Å². The summed E-state index contributed by atoms with van der Waals surface area (Å²) in [6.07, 6.45) is 4.43. The van der Waals surface area contributed by atoms with E-state index in [-0.39, 0.29) is 0 Å². The van der Waals surface area contributed by atoms with E-state index in [1.165, 1.54) is 12.8 Å². The summed E-state index contributed by atoms with van der Waals surface area (Å²) in [4.78, 5) is 10.0. The van der Waals surface area contributed by atoms with Gasteiger partial charge in [0.1, 0.15) is 0 Å². The van der Waals surface area contributed by atoms with Gasteiger partial charge in [-0.15, -0.1) is 0 Å². The fourth-order valence-electron chi connectivity index (χ4n) is 2.11. The highest BCUT2D eigenvalue weighted by molar-refractivity contribution is 5.34. The molecule has 1 aromatic rings. The fourth-order valence-corrected chi connectivity index (χ4v) is 2.11. The van der Waals surface area contributed by atoms with E-state index in [1.54, 1.807) is 0 Å². The summed E-state index contributed by atoms with van der Waals surface area (Å²) < 4.78 is 0. The van der Waals surface area contributed by atoms with E-state index < -0.39 is 0 Å². The minimum atomic E-state index is 0.602. The van der Waals surface area contributed by atoms with Crippen LogP contribution in [-0.2, 0) is 0 Å². The van der Waals surface area contributed by atoms with Crippen LogP contribution in [0.4, 0.5) is 5.95 Å². The van der Waals surface area contributed by atoms with Crippen molar-refractivity contribution in [3.63, 3.8) is 0 Å². The highest BCUT2D eigenvalue weighted by Gasteiger charge is 2.25. The smallest absolute Gasteiger partial charge is 0.203 e. The third kappa shape index (κ3) is 1.75. The van der Waals surface area contributed by atoms with Crippen molar-refractivity contribution >= 4 is 5.95 Å². The molecule has 1 aromatic heterocycles. The Morgan fingerprint density at radius 1 is 1.71 bits per heavy atom. The molecule has 0 bridgehead atoms. The molecule has 78 valence electrons. The van der Waals surface area contributed by atoms with Gasteiger partial charge in [-0.05, 0) is 26.8 Å². The molecule has 1 unspecified atom stereocenters. The first kappa shape index (κ1) is 9.52. The van der Waals surface area contributed by atoms with Crippen molar-refractivity contribution < 1.29 is 0 Å². The Morgan fingerprint density at radius 3 is 3.21 bits per heavy atom. The molecule has 0 spiro atoms. The van der Waals surface area contributed by atoms with Crippen molar-refractivity contribution in [2.75, 3.05) is 25.0 Å². The number of hydrogen-bond donors (Lipinski definition) is 2. The molecule has 2 heterocycles. The number of H-pyrrole nitrogens is 1. The monoisotopic (exact) mass is 194 g/mol. The van der Waals surface area contributed by atoms with Crippen LogP contribution in [0.1, 0.15) is 18.5 Å². The second-order valence-corrected chi connectivity index (χ2v) is 3.94. The maximum Gasteiger partial charge on any atom is 0.203 e. The molecule has 14 heavy (non-hydrogen) atoms. The number of anilines is 1. The molecule has 1 aliphatic rings. The highest BCUT2D eigenvalue weighted by atomic mass is 15.3. The van der Waals surface area contributed by atoms with Crippen LogP contribution in [0.15, 0.2) is 6.20 Å². The maximum atomic E-state index is 4.37. The predicted octanol–water partition coefficient (Wildman–Crippen LogP) is 0.906. The standard InChI is InChI=1S/C10H18N4/c1-8-6-12-10(13-8)14-5-3-4-9(14)7-11-2/h6,9,11H,3-5,7H2,1-2H3,(H,12,13). The summed E-state index contributed by atoms with van der Waals surface area (Å²) in [5.41, 5.74) is 1.13. The molecule has 2 N–H and O–H groups in total. The number of aromatic nitrogens is 2. The largest absolute Gasteiger partial charge is 0.338 e. The number of nitrogens with zero attached hydrogens (tertiary/aromatic N) is 2. The second kappa shape index (κ2) is 4.00. The molecule has 1 atom stereocenters. The minimum absolute atomic E-state index is 0.602. The Balaban J connectivity index is 2.09. The second-order valence-electron chi connectivity index (χ2n) is 3.94. The normalized spacial score (nSPS) is 21.9. The average Bonchev–Trinajstić information content (AvgIpc) is 2.74. The third-order valence-electron chi connectivity index (χ3n) is 2.78. The first-order valence-electron chi connectivity index (χ1n) is 5.24. The molecule has 0 aromatic carbocycles. The Bertz CT molecular complexity index is 294. The zero-order valence-corrected chi connectivity index (χ0v) is 8.88. The average molecular weight is 194 g/mol. The quantitative estimate of drug-likeness (QED) is 0.751. The van der Waals surface area contributed by atoms with Crippen LogP contribution in [0.2, 0.25) is 0 Å². The molecule has 1 saturated heterocycles. The first-order valence-corrected chi connectivity index (χ1v) is 5.24. The number of hydrogen-bond acceptors (Lipinski definition) is 3. The number of rotatable bonds is 3. The minimum Gasteiger partial charge on any atom is -0.338 e. The molecule has 0 radical (unpaired) electrons. The van der Waals surface area contributed by atoms with Crippen molar-refractivity contribution in [1.82, 2.24) is 15.3 Å². The lowest BCUT2D eigenvalue weighted by Gasteiger charge is -2.23. The van der Waals surface area contributed by atoms with Gasteiger partial charge >= 0.3 is 0 Å². The summed E-state index contributed by atoms with van der Waals surface area (Å²) in [6.45, 7) is 4.21. The lowest BCUT2D eigenvalue weighted by Crippen LogP contribution is -2.37. The van der Waals surface area contributed by atoms with E-state index in [0.29, 0.717) is 6.04 Å². The van der Waals surface area contributed by atoms with Crippen LogP contribution in [-0.4, -0.2) is 36.1 Å². The van der Waals surface area contributed by atoms with E-state index in [1.807, 2.05) is 20.2 Å². The number of aryl methyl sites for hydroxylation is 1. The van der Waals surface area contributed by atoms with Crippen LogP contribution in [0.25, 0.3) is 0 Å². The molecule has 4 nitrogen and oxygen atoms in total. The van der Waals surface area contributed by atoms with Gasteiger partial charge in [-0.3, -0.25) is 0 Å². The van der Waals surface area contributed by atoms with Gasteiger partial charge in [0.05, 0.1) is 0 Å². The van der Waals surface area contributed by atoms with Crippen LogP contribution in [0.3, 0.4) is 0 Å². The van der Waals surface area contributed by atoms with Crippen LogP contribution < -0.4 is 10.2 Å². The van der Waals surface area contributed by atoms with Crippen LogP contribution in [0, 0.1) is 6.92 Å². The molecule has 2 rings (SSSR count). The van der Waals surface area contributed by atoms with Gasteiger partial charge in [0.25, 0.3) is 0 Å². The molecule has 1 fully saturated rings. The van der Waals surface area contributed by atoms with Crippen molar-refractivity contribution in [1.29, 1.82) is 0 Å². The fraction of sp³-hybridized carbons (Fsp3) is 0.700. The summed E-state index contributed by atoms with van der Waals surface area (Å²) in [6, 6.07) is 0.602. The van der Waals surface area contributed by atoms with Crippen molar-refractivity contribution in [2.24, 2.45) is 0 Å². The van der Waals surface area contributed by atoms with Crippen molar-refractivity contribution in [2.45, 2.75) is 25.8 Å².